The lowest BCUT2D eigenvalue weighted by atomic mass is 10.0. The number of carbonyl (C=O) groups is 2. The number of carboxylic acids is 1. The Morgan fingerprint density at radius 2 is 1.97 bits per heavy atom. The molecule has 0 saturated carbocycles. The molecule has 0 saturated heterocycles. The minimum atomic E-state index is -1.03. The van der Waals surface area contributed by atoms with Crippen LogP contribution in [0.15, 0.2) is 61.1 Å². The van der Waals surface area contributed by atoms with Gasteiger partial charge in [-0.3, -0.25) is 19.9 Å². The molecule has 0 aliphatic carbocycles. The van der Waals surface area contributed by atoms with E-state index in [1.165, 1.54) is 0 Å². The summed E-state index contributed by atoms with van der Waals surface area (Å²) in [5, 5.41) is 20.5. The van der Waals surface area contributed by atoms with Gasteiger partial charge in [0.15, 0.2) is 0 Å². The second-order valence-electron chi connectivity index (χ2n) is 7.35. The van der Waals surface area contributed by atoms with Crippen molar-refractivity contribution in [2.24, 2.45) is 0 Å². The minimum Gasteiger partial charge on any atom is -0.480 e. The molecule has 0 radical (unpaired) electrons. The lowest BCUT2D eigenvalue weighted by molar-refractivity contribution is -0.136. The normalized spacial score (nSPS) is 12.0. The number of aromatic amines is 1. The Kier molecular flexibility index (Phi) is 6.27. The zero-order chi connectivity index (χ0) is 22.5. The Labute approximate surface area is 184 Å². The van der Waals surface area contributed by atoms with Crippen LogP contribution in [0.2, 0.25) is 0 Å². The predicted octanol–water partition coefficient (Wildman–Crippen LogP) is 2.67. The quantitative estimate of drug-likeness (QED) is 0.322. The zero-order valence-corrected chi connectivity index (χ0v) is 17.6. The van der Waals surface area contributed by atoms with E-state index in [-0.39, 0.29) is 12.5 Å². The van der Waals surface area contributed by atoms with E-state index >= 15 is 0 Å². The van der Waals surface area contributed by atoms with Crippen molar-refractivity contribution in [3.63, 3.8) is 0 Å². The summed E-state index contributed by atoms with van der Waals surface area (Å²) in [7, 11) is 0. The van der Waals surface area contributed by atoms with Crippen LogP contribution in [0.4, 0.5) is 5.82 Å². The maximum absolute atomic E-state index is 13.2. The highest BCUT2D eigenvalue weighted by atomic mass is 16.4. The summed E-state index contributed by atoms with van der Waals surface area (Å²) < 4.78 is 1.70. The molecule has 4 N–H and O–H groups in total. The molecule has 1 amide bonds. The topological polar surface area (TPSA) is 125 Å². The Bertz CT molecular complexity index is 1230. The third-order valence-electron chi connectivity index (χ3n) is 5.22. The molecule has 0 aliphatic rings. The number of hydrogen-bond acceptors (Lipinski definition) is 5. The molecule has 4 rings (SSSR count). The summed E-state index contributed by atoms with van der Waals surface area (Å²) in [5.41, 5.74) is 3.50. The van der Waals surface area contributed by atoms with Gasteiger partial charge in [0, 0.05) is 47.7 Å². The van der Waals surface area contributed by atoms with E-state index in [2.05, 4.69) is 25.7 Å². The third-order valence-corrected chi connectivity index (χ3v) is 5.22. The number of aliphatic carboxylic acids is 1. The molecule has 32 heavy (non-hydrogen) atoms. The SMILES string of the molecule is CCn1nc(-c2ccncc2)cc1NC(=O)[C@H](Cc1c[nH]c2ccccc12)NCC(=O)O. The number of nitrogens with one attached hydrogen (secondary N) is 3. The van der Waals surface area contributed by atoms with Gasteiger partial charge in [0.25, 0.3) is 0 Å². The molecule has 1 atom stereocenters. The Morgan fingerprint density at radius 3 is 2.72 bits per heavy atom. The number of fused-ring (bicyclic) bond motifs is 1. The number of hydrogen-bond donors (Lipinski definition) is 4. The molecule has 0 bridgehead atoms. The molecule has 3 heterocycles. The molecule has 9 nitrogen and oxygen atoms in total. The van der Waals surface area contributed by atoms with Crippen molar-refractivity contribution in [3.05, 3.63) is 66.6 Å². The number of carboxylic acid groups (broad SMARTS) is 1. The first-order valence-electron chi connectivity index (χ1n) is 10.3. The molecule has 0 unspecified atom stereocenters. The van der Waals surface area contributed by atoms with Crippen LogP contribution in [-0.4, -0.2) is 49.3 Å². The number of amides is 1. The highest BCUT2D eigenvalue weighted by molar-refractivity contribution is 5.95. The van der Waals surface area contributed by atoms with Gasteiger partial charge in [-0.05, 0) is 37.1 Å². The largest absolute Gasteiger partial charge is 0.480 e. The van der Waals surface area contributed by atoms with Gasteiger partial charge in [-0.15, -0.1) is 0 Å². The fourth-order valence-corrected chi connectivity index (χ4v) is 3.62. The van der Waals surface area contributed by atoms with Crippen LogP contribution in [0.3, 0.4) is 0 Å². The number of aryl methyl sites for hydroxylation is 1. The molecular formula is C23H24N6O3. The molecule has 164 valence electrons. The lowest BCUT2D eigenvalue weighted by Crippen LogP contribution is -2.44. The van der Waals surface area contributed by atoms with Gasteiger partial charge < -0.3 is 15.4 Å². The van der Waals surface area contributed by atoms with Crippen LogP contribution in [0.5, 0.6) is 0 Å². The molecule has 0 spiro atoms. The minimum absolute atomic E-state index is 0.324. The van der Waals surface area contributed by atoms with Gasteiger partial charge in [-0.2, -0.15) is 5.10 Å². The number of carbonyl (C=O) groups excluding carboxylic acids is 1. The van der Waals surface area contributed by atoms with Crippen molar-refractivity contribution in [3.8, 4) is 11.3 Å². The summed E-state index contributed by atoms with van der Waals surface area (Å²) in [6.45, 7) is 2.18. The van der Waals surface area contributed by atoms with E-state index in [1.54, 1.807) is 23.1 Å². The van der Waals surface area contributed by atoms with Gasteiger partial charge in [-0.1, -0.05) is 18.2 Å². The first-order chi connectivity index (χ1) is 15.5. The lowest BCUT2D eigenvalue weighted by Gasteiger charge is -2.17. The average molecular weight is 432 g/mol. The summed E-state index contributed by atoms with van der Waals surface area (Å²) in [6.07, 6.45) is 5.56. The van der Waals surface area contributed by atoms with Crippen molar-refractivity contribution < 1.29 is 14.7 Å². The number of H-pyrrole nitrogens is 1. The molecule has 3 aromatic heterocycles. The Morgan fingerprint density at radius 1 is 1.19 bits per heavy atom. The van der Waals surface area contributed by atoms with Crippen LogP contribution in [0.1, 0.15) is 12.5 Å². The molecule has 0 aliphatic heterocycles. The molecule has 1 aromatic carbocycles. The smallest absolute Gasteiger partial charge is 0.317 e. The van der Waals surface area contributed by atoms with Crippen LogP contribution in [0.25, 0.3) is 22.2 Å². The fourth-order valence-electron chi connectivity index (χ4n) is 3.62. The summed E-state index contributed by atoms with van der Waals surface area (Å²) >= 11 is 0. The van der Waals surface area contributed by atoms with Crippen LogP contribution < -0.4 is 10.6 Å². The van der Waals surface area contributed by atoms with Crippen molar-refractivity contribution in [2.45, 2.75) is 25.9 Å². The third kappa shape index (κ3) is 4.68. The highest BCUT2D eigenvalue weighted by Crippen LogP contribution is 2.23. The molecule has 9 heteroatoms. The highest BCUT2D eigenvalue weighted by Gasteiger charge is 2.23. The number of rotatable bonds is 9. The Hall–Kier alpha value is -3.98. The van der Waals surface area contributed by atoms with E-state index in [1.807, 2.05) is 49.5 Å². The number of para-hydroxylation sites is 1. The predicted molar refractivity (Wildman–Crippen MR) is 121 cm³/mol. The number of anilines is 1. The van der Waals surface area contributed by atoms with E-state index < -0.39 is 12.0 Å². The van der Waals surface area contributed by atoms with Crippen molar-refractivity contribution >= 4 is 28.6 Å². The summed E-state index contributed by atoms with van der Waals surface area (Å²) in [5.74, 6) is -0.807. The van der Waals surface area contributed by atoms with Gasteiger partial charge in [0.05, 0.1) is 18.3 Å². The van der Waals surface area contributed by atoms with Gasteiger partial charge in [0.2, 0.25) is 5.91 Å². The summed E-state index contributed by atoms with van der Waals surface area (Å²) in [6, 6.07) is 12.6. The van der Waals surface area contributed by atoms with Crippen LogP contribution in [0, 0.1) is 0 Å². The fraction of sp³-hybridized carbons (Fsp3) is 0.217. The maximum atomic E-state index is 13.2. The zero-order valence-electron chi connectivity index (χ0n) is 17.6. The monoisotopic (exact) mass is 432 g/mol. The molecular weight excluding hydrogens is 408 g/mol. The van der Waals surface area contributed by atoms with Crippen LogP contribution in [-0.2, 0) is 22.6 Å². The van der Waals surface area contributed by atoms with Crippen molar-refractivity contribution in [1.29, 1.82) is 0 Å². The van der Waals surface area contributed by atoms with Crippen LogP contribution >= 0.6 is 0 Å². The van der Waals surface area contributed by atoms with Gasteiger partial charge in [-0.25, -0.2) is 4.68 Å². The first kappa shape index (κ1) is 21.3. The van der Waals surface area contributed by atoms with Crippen molar-refractivity contribution in [2.75, 3.05) is 11.9 Å². The van der Waals surface area contributed by atoms with E-state index in [0.717, 1.165) is 27.7 Å². The number of pyridine rings is 1. The van der Waals surface area contributed by atoms with Gasteiger partial charge in [0.1, 0.15) is 5.82 Å². The Balaban J connectivity index is 1.57. The van der Waals surface area contributed by atoms with E-state index in [0.29, 0.717) is 18.8 Å². The van der Waals surface area contributed by atoms with E-state index in [4.69, 9.17) is 5.11 Å². The standard InChI is InChI=1S/C23H24N6O3/c1-2-29-21(12-19(28-29)15-7-9-24-10-8-15)27-23(32)20(26-14-22(30)31)11-16-13-25-18-6-4-3-5-17(16)18/h3-10,12-13,20,25-26H,2,11,14H2,1H3,(H,27,32)(H,30,31)/t20-/m0/s1. The van der Waals surface area contributed by atoms with Crippen molar-refractivity contribution in [1.82, 2.24) is 25.1 Å². The van der Waals surface area contributed by atoms with E-state index in [9.17, 15) is 9.59 Å². The number of nitrogens with zero attached hydrogens (tertiary/aromatic N) is 3. The average Bonchev–Trinajstić information content (AvgIpc) is 3.41. The number of benzene rings is 1. The summed E-state index contributed by atoms with van der Waals surface area (Å²) in [4.78, 5) is 31.5. The number of aromatic nitrogens is 4. The molecule has 0 fully saturated rings. The first-order valence-corrected chi connectivity index (χ1v) is 10.3. The molecule has 4 aromatic rings. The second-order valence-corrected chi connectivity index (χ2v) is 7.35. The van der Waals surface area contributed by atoms with Gasteiger partial charge >= 0.3 is 5.97 Å². The second kappa shape index (κ2) is 9.44. The maximum Gasteiger partial charge on any atom is 0.317 e.